The van der Waals surface area contributed by atoms with Gasteiger partial charge < -0.3 is 9.64 Å². The van der Waals surface area contributed by atoms with Gasteiger partial charge in [0.15, 0.2) is 0 Å². The summed E-state index contributed by atoms with van der Waals surface area (Å²) in [5, 5.41) is 0. The second kappa shape index (κ2) is 7.61. The van der Waals surface area contributed by atoms with Crippen LogP contribution >= 0.6 is 0 Å². The van der Waals surface area contributed by atoms with Crippen molar-refractivity contribution in [3.63, 3.8) is 0 Å². The van der Waals surface area contributed by atoms with Gasteiger partial charge in [-0.2, -0.15) is 17.0 Å². The van der Waals surface area contributed by atoms with Crippen LogP contribution in [-0.2, 0) is 19.7 Å². The summed E-state index contributed by atoms with van der Waals surface area (Å²) in [6.07, 6.45) is 5.67. The molecule has 2 bridgehead atoms. The number of ether oxygens (including phenoxy) is 1. The van der Waals surface area contributed by atoms with Gasteiger partial charge in [0.25, 0.3) is 10.2 Å². The number of hydrogen-bond acceptors (Lipinski definition) is 4. The van der Waals surface area contributed by atoms with Gasteiger partial charge in [-0.15, -0.1) is 0 Å². The van der Waals surface area contributed by atoms with Gasteiger partial charge in [0.2, 0.25) is 5.91 Å². The Hall–Kier alpha value is -0.700. The Morgan fingerprint density at radius 3 is 2.19 bits per heavy atom. The van der Waals surface area contributed by atoms with E-state index < -0.39 is 10.2 Å². The highest BCUT2D eigenvalue weighted by Crippen LogP contribution is 2.49. The Labute approximate surface area is 163 Å². The van der Waals surface area contributed by atoms with E-state index in [9.17, 15) is 13.2 Å². The molecule has 2 saturated heterocycles. The quantitative estimate of drug-likeness (QED) is 0.715. The molecule has 27 heavy (non-hydrogen) atoms. The van der Waals surface area contributed by atoms with E-state index in [0.29, 0.717) is 51.6 Å². The lowest BCUT2D eigenvalue weighted by atomic mass is 9.86. The minimum absolute atomic E-state index is 0.0897. The van der Waals surface area contributed by atoms with E-state index in [1.54, 1.807) is 8.61 Å². The summed E-state index contributed by atoms with van der Waals surface area (Å²) in [5.41, 5.74) is 0. The molecule has 4 fully saturated rings. The normalized spacial score (nSPS) is 38.4. The Balaban J connectivity index is 1.29. The van der Waals surface area contributed by atoms with Crippen LogP contribution < -0.4 is 0 Å². The van der Waals surface area contributed by atoms with Crippen LogP contribution in [0.2, 0.25) is 0 Å². The maximum Gasteiger partial charge on any atom is 0.282 e. The van der Waals surface area contributed by atoms with Crippen molar-refractivity contribution in [2.45, 2.75) is 58.2 Å². The highest BCUT2D eigenvalue weighted by molar-refractivity contribution is 7.86. The molecule has 5 atom stereocenters. The van der Waals surface area contributed by atoms with Crippen molar-refractivity contribution < 1.29 is 17.9 Å². The van der Waals surface area contributed by atoms with Crippen molar-refractivity contribution in [3.8, 4) is 0 Å². The lowest BCUT2D eigenvalue weighted by Gasteiger charge is -2.40. The van der Waals surface area contributed by atoms with Gasteiger partial charge in [-0.1, -0.05) is 6.42 Å². The molecule has 154 valence electrons. The highest BCUT2D eigenvalue weighted by Gasteiger charge is 2.41. The molecular formula is C19H33N3O4S. The second-order valence-corrected chi connectivity index (χ2v) is 10.9. The van der Waals surface area contributed by atoms with Gasteiger partial charge in [0, 0.05) is 45.7 Å². The van der Waals surface area contributed by atoms with Gasteiger partial charge in [-0.3, -0.25) is 4.79 Å². The minimum Gasteiger partial charge on any atom is -0.373 e. The van der Waals surface area contributed by atoms with Crippen molar-refractivity contribution in [1.82, 2.24) is 13.5 Å². The predicted octanol–water partition coefficient (Wildman–Crippen LogP) is 1.31. The Bertz CT molecular complexity index is 652. The SMILES string of the molecule is C[C@@H]1CN(S(=O)(=O)N2CCN(C(=O)C[C@H]3C[C@H]4CC[C@H]3C4)CC2)C[C@@H](C)O1. The van der Waals surface area contributed by atoms with Crippen LogP contribution in [0.5, 0.6) is 0 Å². The topological polar surface area (TPSA) is 70.2 Å². The Kier molecular flexibility index (Phi) is 5.53. The maximum atomic E-state index is 13.0. The van der Waals surface area contributed by atoms with Crippen LogP contribution in [0.1, 0.15) is 46.0 Å². The number of carbonyl (C=O) groups is 1. The number of piperazine rings is 1. The first-order valence-corrected chi connectivity index (χ1v) is 11.9. The monoisotopic (exact) mass is 399 g/mol. The molecule has 0 unspecified atom stereocenters. The van der Waals surface area contributed by atoms with E-state index in [2.05, 4.69) is 0 Å². The standard InChI is InChI=1S/C19H33N3O4S/c1-14-12-22(13-15(2)26-14)27(24,25)21-7-5-20(6-8-21)19(23)11-18-10-16-3-4-17(18)9-16/h14-18H,3-13H2,1-2H3/t14-,15-,16+,17+,18-/m1/s1. The summed E-state index contributed by atoms with van der Waals surface area (Å²) in [7, 11) is -3.48. The molecule has 0 aromatic rings. The number of carbonyl (C=O) groups excluding carboxylic acids is 1. The van der Waals surface area contributed by atoms with E-state index in [1.165, 1.54) is 25.7 Å². The van der Waals surface area contributed by atoms with Gasteiger partial charge in [0.05, 0.1) is 12.2 Å². The number of fused-ring (bicyclic) bond motifs is 2. The molecule has 0 aromatic carbocycles. The summed E-state index contributed by atoms with van der Waals surface area (Å²) >= 11 is 0. The fourth-order valence-corrected chi connectivity index (χ4v) is 7.38. The van der Waals surface area contributed by atoms with Crippen LogP contribution in [0.25, 0.3) is 0 Å². The van der Waals surface area contributed by atoms with Gasteiger partial charge in [-0.25, -0.2) is 0 Å². The van der Waals surface area contributed by atoms with E-state index in [-0.39, 0.29) is 18.1 Å². The van der Waals surface area contributed by atoms with Gasteiger partial charge in [0.1, 0.15) is 0 Å². The van der Waals surface area contributed by atoms with Crippen molar-refractivity contribution >= 4 is 16.1 Å². The third-order valence-corrected chi connectivity index (χ3v) is 8.92. The summed E-state index contributed by atoms with van der Waals surface area (Å²) in [6, 6.07) is 0. The van der Waals surface area contributed by atoms with Gasteiger partial charge >= 0.3 is 0 Å². The summed E-state index contributed by atoms with van der Waals surface area (Å²) in [5.74, 6) is 2.39. The number of morpholine rings is 1. The molecule has 0 aromatic heterocycles. The van der Waals surface area contributed by atoms with Crippen LogP contribution in [0.15, 0.2) is 0 Å². The highest BCUT2D eigenvalue weighted by atomic mass is 32.2. The molecule has 0 spiro atoms. The smallest absolute Gasteiger partial charge is 0.282 e. The lowest BCUT2D eigenvalue weighted by molar-refractivity contribution is -0.133. The third-order valence-electron chi connectivity index (χ3n) is 6.95. The van der Waals surface area contributed by atoms with E-state index >= 15 is 0 Å². The zero-order chi connectivity index (χ0) is 19.2. The van der Waals surface area contributed by atoms with Gasteiger partial charge in [-0.05, 0) is 50.9 Å². The molecule has 4 aliphatic rings. The van der Waals surface area contributed by atoms with Crippen LogP contribution in [0, 0.1) is 17.8 Å². The first-order valence-electron chi connectivity index (χ1n) is 10.5. The first kappa shape index (κ1) is 19.6. The van der Waals surface area contributed by atoms with Crippen molar-refractivity contribution in [2.24, 2.45) is 17.8 Å². The molecule has 1 amide bonds. The fraction of sp³-hybridized carbons (Fsp3) is 0.947. The number of rotatable bonds is 4. The Morgan fingerprint density at radius 2 is 1.63 bits per heavy atom. The average Bonchev–Trinajstić information content (AvgIpc) is 3.24. The molecule has 4 rings (SSSR count). The fourth-order valence-electron chi connectivity index (χ4n) is 5.63. The van der Waals surface area contributed by atoms with Crippen LogP contribution in [-0.4, -0.2) is 79.3 Å². The number of nitrogens with zero attached hydrogens (tertiary/aromatic N) is 3. The van der Waals surface area contributed by atoms with Crippen molar-refractivity contribution in [3.05, 3.63) is 0 Å². The zero-order valence-corrected chi connectivity index (χ0v) is 17.4. The predicted molar refractivity (Wildman–Crippen MR) is 102 cm³/mol. The molecule has 2 aliphatic heterocycles. The lowest BCUT2D eigenvalue weighted by Crippen LogP contribution is -2.57. The molecule has 2 heterocycles. The molecule has 8 heteroatoms. The average molecular weight is 400 g/mol. The van der Waals surface area contributed by atoms with E-state index in [4.69, 9.17) is 4.74 Å². The summed E-state index contributed by atoms with van der Waals surface area (Å²) in [6.45, 7) is 6.42. The molecule has 2 aliphatic carbocycles. The van der Waals surface area contributed by atoms with Crippen molar-refractivity contribution in [1.29, 1.82) is 0 Å². The molecule has 0 radical (unpaired) electrons. The van der Waals surface area contributed by atoms with Crippen LogP contribution in [0.3, 0.4) is 0 Å². The summed E-state index contributed by atoms with van der Waals surface area (Å²) < 4.78 is 34.7. The number of amides is 1. The van der Waals surface area contributed by atoms with Crippen LogP contribution in [0.4, 0.5) is 0 Å². The number of hydrogen-bond donors (Lipinski definition) is 0. The maximum absolute atomic E-state index is 13.0. The molecule has 2 saturated carbocycles. The second-order valence-electron chi connectivity index (χ2n) is 9.00. The zero-order valence-electron chi connectivity index (χ0n) is 16.5. The Morgan fingerprint density at radius 1 is 0.963 bits per heavy atom. The largest absolute Gasteiger partial charge is 0.373 e. The molecular weight excluding hydrogens is 366 g/mol. The molecule has 0 N–H and O–H groups in total. The first-order chi connectivity index (χ1) is 12.8. The molecule has 7 nitrogen and oxygen atoms in total. The minimum atomic E-state index is -3.48. The summed E-state index contributed by atoms with van der Waals surface area (Å²) in [4.78, 5) is 14.6. The van der Waals surface area contributed by atoms with Crippen molar-refractivity contribution in [2.75, 3.05) is 39.3 Å². The van der Waals surface area contributed by atoms with E-state index in [0.717, 1.165) is 11.8 Å². The third kappa shape index (κ3) is 4.04. The van der Waals surface area contributed by atoms with E-state index in [1.807, 2.05) is 18.7 Å².